The summed E-state index contributed by atoms with van der Waals surface area (Å²) in [6.45, 7) is 1.82. The van der Waals surface area contributed by atoms with E-state index < -0.39 is 17.6 Å². The number of anilines is 1. The van der Waals surface area contributed by atoms with Crippen LogP contribution in [0.4, 0.5) is 5.69 Å². The Labute approximate surface area is 184 Å². The minimum Gasteiger partial charge on any atom is -0.423 e. The third-order valence-corrected chi connectivity index (χ3v) is 6.95. The smallest absolute Gasteiger partial charge is 0.336 e. The lowest BCUT2D eigenvalue weighted by Gasteiger charge is -2.26. The van der Waals surface area contributed by atoms with Gasteiger partial charge in [-0.2, -0.15) is 11.8 Å². The second kappa shape index (κ2) is 8.86. The largest absolute Gasteiger partial charge is 0.423 e. The number of carbonyl (C=O) groups is 3. The van der Waals surface area contributed by atoms with Crippen LogP contribution in [-0.4, -0.2) is 40.7 Å². The highest BCUT2D eigenvalue weighted by atomic mass is 32.2. The van der Waals surface area contributed by atoms with E-state index in [0.717, 1.165) is 23.8 Å². The Bertz CT molecular complexity index is 1070. The molecule has 0 unspecified atom stereocenters. The molecule has 1 N–H and O–H groups in total. The summed E-state index contributed by atoms with van der Waals surface area (Å²) in [4.78, 5) is 52.2. The van der Waals surface area contributed by atoms with Gasteiger partial charge in [-0.25, -0.2) is 4.79 Å². The highest BCUT2D eigenvalue weighted by Gasteiger charge is 2.51. The fraction of sp³-hybridized carbons (Fsp3) is 0.478. The first-order valence-corrected chi connectivity index (χ1v) is 12.0. The Morgan fingerprint density at radius 1 is 1.16 bits per heavy atom. The van der Waals surface area contributed by atoms with Crippen LogP contribution in [0, 0.1) is 18.8 Å². The minimum absolute atomic E-state index is 0.212. The predicted octanol–water partition coefficient (Wildman–Crippen LogP) is 3.34. The van der Waals surface area contributed by atoms with Crippen LogP contribution in [0.25, 0.3) is 11.0 Å². The van der Waals surface area contributed by atoms with E-state index in [9.17, 15) is 19.2 Å². The summed E-state index contributed by atoms with van der Waals surface area (Å²) < 4.78 is 5.26. The summed E-state index contributed by atoms with van der Waals surface area (Å²) in [5.74, 6) is -0.751. The van der Waals surface area contributed by atoms with Gasteiger partial charge in [-0.15, -0.1) is 0 Å². The van der Waals surface area contributed by atoms with Crippen LogP contribution in [0.15, 0.2) is 33.5 Å². The average Bonchev–Trinajstić information content (AvgIpc) is 2.99. The van der Waals surface area contributed by atoms with Crippen molar-refractivity contribution in [2.75, 3.05) is 17.3 Å². The van der Waals surface area contributed by atoms with Crippen molar-refractivity contribution in [3.63, 3.8) is 0 Å². The Hall–Kier alpha value is -2.61. The first kappa shape index (κ1) is 21.6. The zero-order valence-electron chi connectivity index (χ0n) is 17.7. The number of nitrogens with zero attached hydrogens (tertiary/aromatic N) is 1. The molecule has 3 amide bonds. The molecule has 2 fully saturated rings. The summed E-state index contributed by atoms with van der Waals surface area (Å²) >= 11 is 1.57. The zero-order chi connectivity index (χ0) is 22.1. The second-order valence-corrected chi connectivity index (χ2v) is 9.28. The van der Waals surface area contributed by atoms with Crippen molar-refractivity contribution < 1.29 is 18.8 Å². The topological polar surface area (TPSA) is 96.7 Å². The van der Waals surface area contributed by atoms with E-state index in [-0.39, 0.29) is 23.7 Å². The molecule has 31 heavy (non-hydrogen) atoms. The molecule has 0 radical (unpaired) electrons. The molecule has 1 aliphatic carbocycles. The van der Waals surface area contributed by atoms with Gasteiger partial charge in [0.2, 0.25) is 17.7 Å². The van der Waals surface area contributed by atoms with Crippen molar-refractivity contribution in [1.29, 1.82) is 0 Å². The van der Waals surface area contributed by atoms with Crippen LogP contribution in [0.1, 0.15) is 37.7 Å². The molecule has 4 rings (SSSR count). The summed E-state index contributed by atoms with van der Waals surface area (Å²) in [6, 6.07) is 5.68. The van der Waals surface area contributed by atoms with E-state index in [4.69, 9.17) is 4.42 Å². The number of hydrogen-bond acceptors (Lipinski definition) is 6. The Morgan fingerprint density at radius 2 is 1.84 bits per heavy atom. The van der Waals surface area contributed by atoms with Gasteiger partial charge in [0.05, 0.1) is 11.8 Å². The van der Waals surface area contributed by atoms with Gasteiger partial charge in [-0.3, -0.25) is 19.3 Å². The maximum absolute atomic E-state index is 13.2. The fourth-order valence-electron chi connectivity index (χ4n) is 4.73. The summed E-state index contributed by atoms with van der Waals surface area (Å²) in [5.41, 5.74) is 1.17. The molecular weight excluding hydrogens is 416 g/mol. The molecule has 1 saturated carbocycles. The normalized spacial score (nSPS) is 21.9. The summed E-state index contributed by atoms with van der Waals surface area (Å²) in [5, 5.41) is 3.61. The molecule has 1 saturated heterocycles. The van der Waals surface area contributed by atoms with Gasteiger partial charge in [0.25, 0.3) is 0 Å². The highest BCUT2D eigenvalue weighted by Crippen LogP contribution is 2.39. The van der Waals surface area contributed by atoms with Gasteiger partial charge < -0.3 is 9.73 Å². The average molecular weight is 443 g/mol. The van der Waals surface area contributed by atoms with E-state index in [1.54, 1.807) is 30.0 Å². The molecule has 164 valence electrons. The molecular formula is C23H26N2O5S. The zero-order valence-corrected chi connectivity index (χ0v) is 18.5. The number of benzene rings is 1. The molecule has 1 aromatic carbocycles. The van der Waals surface area contributed by atoms with E-state index in [1.807, 2.05) is 13.2 Å². The molecule has 7 nitrogen and oxygen atoms in total. The lowest BCUT2D eigenvalue weighted by molar-refractivity contribution is -0.146. The van der Waals surface area contributed by atoms with Gasteiger partial charge in [0.15, 0.2) is 0 Å². The van der Waals surface area contributed by atoms with Crippen LogP contribution in [-0.2, 0) is 14.4 Å². The van der Waals surface area contributed by atoms with Crippen LogP contribution in [0.3, 0.4) is 0 Å². The quantitative estimate of drug-likeness (QED) is 0.544. The number of carbonyl (C=O) groups excluding carboxylic acids is 3. The molecule has 2 aromatic rings. The first-order valence-electron chi connectivity index (χ1n) is 10.6. The highest BCUT2D eigenvalue weighted by molar-refractivity contribution is 7.98. The van der Waals surface area contributed by atoms with Crippen LogP contribution >= 0.6 is 11.8 Å². The van der Waals surface area contributed by atoms with Crippen molar-refractivity contribution in [3.05, 3.63) is 40.2 Å². The van der Waals surface area contributed by atoms with E-state index in [2.05, 4.69) is 5.32 Å². The number of hydrogen-bond donors (Lipinski definition) is 1. The molecule has 8 heteroatoms. The number of rotatable bonds is 6. The molecule has 0 bridgehead atoms. The van der Waals surface area contributed by atoms with Gasteiger partial charge in [-0.1, -0.05) is 12.8 Å². The number of nitrogens with one attached hydrogen (secondary N) is 1. The monoisotopic (exact) mass is 442 g/mol. The van der Waals surface area contributed by atoms with Gasteiger partial charge in [-0.05, 0) is 55.9 Å². The van der Waals surface area contributed by atoms with E-state index in [0.29, 0.717) is 36.3 Å². The first-order chi connectivity index (χ1) is 14.9. The maximum atomic E-state index is 13.2. The third kappa shape index (κ3) is 4.13. The van der Waals surface area contributed by atoms with Crippen molar-refractivity contribution in [3.8, 4) is 0 Å². The minimum atomic E-state index is -0.849. The van der Waals surface area contributed by atoms with Crippen molar-refractivity contribution in [1.82, 2.24) is 4.90 Å². The molecule has 0 spiro atoms. The van der Waals surface area contributed by atoms with Crippen molar-refractivity contribution in [2.24, 2.45) is 11.8 Å². The number of aryl methyl sites for hydroxylation is 1. The SMILES string of the molecule is CSCC[C@@H](C(=O)Nc1ccc2c(C)cc(=O)oc2c1)N1C(=O)[C@H]2CCCC[C@H]2C1=O. The summed E-state index contributed by atoms with van der Waals surface area (Å²) in [6.07, 6.45) is 5.63. The lowest BCUT2D eigenvalue weighted by atomic mass is 9.81. The third-order valence-electron chi connectivity index (χ3n) is 6.30. The molecule has 2 aliphatic rings. The summed E-state index contributed by atoms with van der Waals surface area (Å²) in [7, 11) is 0. The van der Waals surface area contributed by atoms with E-state index >= 15 is 0 Å². The van der Waals surface area contributed by atoms with Gasteiger partial charge in [0, 0.05) is 23.2 Å². The van der Waals surface area contributed by atoms with Crippen LogP contribution in [0.2, 0.25) is 0 Å². The number of likely N-dealkylation sites (tertiary alicyclic amines) is 1. The number of imide groups is 1. The molecule has 1 aliphatic heterocycles. The van der Waals surface area contributed by atoms with Gasteiger partial charge in [0.1, 0.15) is 11.6 Å². The molecule has 3 atom stereocenters. The van der Waals surface area contributed by atoms with Crippen LogP contribution in [0.5, 0.6) is 0 Å². The van der Waals surface area contributed by atoms with Crippen molar-refractivity contribution in [2.45, 2.75) is 45.1 Å². The predicted molar refractivity (Wildman–Crippen MR) is 120 cm³/mol. The Kier molecular flexibility index (Phi) is 6.18. The second-order valence-electron chi connectivity index (χ2n) is 8.29. The van der Waals surface area contributed by atoms with Crippen LogP contribution < -0.4 is 10.9 Å². The number of amides is 3. The number of fused-ring (bicyclic) bond motifs is 2. The Morgan fingerprint density at radius 3 is 2.48 bits per heavy atom. The number of thioether (sulfide) groups is 1. The van der Waals surface area contributed by atoms with Crippen molar-refractivity contribution >= 4 is 46.1 Å². The lowest BCUT2D eigenvalue weighted by Crippen LogP contribution is -2.48. The maximum Gasteiger partial charge on any atom is 0.336 e. The molecule has 1 aromatic heterocycles. The van der Waals surface area contributed by atoms with Gasteiger partial charge >= 0.3 is 5.63 Å². The molecule has 2 heterocycles. The fourth-order valence-corrected chi connectivity index (χ4v) is 5.19. The standard InChI is InChI=1S/C23H26N2O5S/c1-13-11-20(26)30-19-12-14(7-8-15(13)19)24-21(27)18(9-10-31-2)25-22(28)16-5-3-4-6-17(16)23(25)29/h7-8,11-12,16-18H,3-6,9-10H2,1-2H3,(H,24,27)/t16-,17+,18-/m0/s1. The van der Waals surface area contributed by atoms with E-state index in [1.165, 1.54) is 11.0 Å². The Balaban J connectivity index is 1.60.